The van der Waals surface area contributed by atoms with Crippen molar-refractivity contribution in [2.45, 2.75) is 59.7 Å². The van der Waals surface area contributed by atoms with Gasteiger partial charge in [-0.25, -0.2) is 0 Å². The average molecular weight is 592 g/mol. The largest absolute Gasteiger partial charge is 0.390 e. The molecule has 0 saturated carbocycles. The maximum atomic E-state index is 13.2. The predicted molar refractivity (Wildman–Crippen MR) is 172 cm³/mol. The molecule has 3 aromatic rings. The Bertz CT molecular complexity index is 1460. The molecule has 0 saturated heterocycles. The first kappa shape index (κ1) is 31.5. The number of anilines is 1. The first-order valence-corrected chi connectivity index (χ1v) is 15.0. The summed E-state index contributed by atoms with van der Waals surface area (Å²) in [5, 5.41) is 20.7. The Morgan fingerprint density at radius 3 is 2.43 bits per heavy atom. The lowest BCUT2D eigenvalue weighted by atomic mass is 9.94. The van der Waals surface area contributed by atoms with Gasteiger partial charge in [0, 0.05) is 64.0 Å². The van der Waals surface area contributed by atoms with Gasteiger partial charge in [0.1, 0.15) is 0 Å². The molecule has 0 aliphatic carbocycles. The van der Waals surface area contributed by atoms with E-state index in [-0.39, 0.29) is 23.9 Å². The number of aromatic amines is 1. The van der Waals surface area contributed by atoms with Gasteiger partial charge in [-0.15, -0.1) is 0 Å². The average Bonchev–Trinajstić information content (AvgIpc) is 3.45. The van der Waals surface area contributed by atoms with Crippen molar-refractivity contribution in [2.75, 3.05) is 31.5 Å². The highest BCUT2D eigenvalue weighted by Gasteiger charge is 2.28. The summed E-state index contributed by atoms with van der Waals surface area (Å²) in [7, 11) is 0. The van der Waals surface area contributed by atoms with E-state index in [1.807, 2.05) is 51.1 Å². The zero-order valence-corrected chi connectivity index (χ0v) is 26.0. The van der Waals surface area contributed by atoms with Gasteiger partial charge in [0.25, 0.3) is 11.8 Å². The number of aliphatic hydroxyl groups is 1. The molecule has 5 N–H and O–H groups in total. The molecule has 1 aliphatic rings. The Labute approximate surface area is 253 Å². The molecule has 2 aromatic carbocycles. The molecule has 1 aromatic heterocycles. The number of carbonyl (C=O) groups is 2. The van der Waals surface area contributed by atoms with E-state index in [0.717, 1.165) is 41.2 Å². The summed E-state index contributed by atoms with van der Waals surface area (Å²) in [5.41, 5.74) is 6.99. The van der Waals surface area contributed by atoms with Crippen molar-refractivity contribution >= 4 is 40.8 Å². The van der Waals surface area contributed by atoms with E-state index >= 15 is 0 Å². The fourth-order valence-electron chi connectivity index (χ4n) is 5.46. The second kappa shape index (κ2) is 13.7. The van der Waals surface area contributed by atoms with Crippen molar-refractivity contribution in [3.63, 3.8) is 0 Å². The number of likely N-dealkylation sites (N-methyl/N-ethyl adjacent to an activating group) is 1. The lowest BCUT2D eigenvalue weighted by Gasteiger charge is -2.24. The van der Waals surface area contributed by atoms with Gasteiger partial charge in [0.05, 0.1) is 11.7 Å². The standard InChI is InChI=1S/C33H42ClN5O3/c1-7-39(8-2)18-25(40)17-35-20(5)30-21(6)37-29(31(30)22-9-12-24(34)13-10-22)16-27-26-15-23(32(41)36-19(3)4)11-14-28(26)38-33(27)42/h9-16,19-20,25,35,37,40H,7-8,17-18H2,1-6H3,(H,36,41)(H,38,42). The smallest absolute Gasteiger partial charge is 0.256 e. The number of H-pyrrole nitrogens is 1. The van der Waals surface area contributed by atoms with E-state index in [0.29, 0.717) is 40.5 Å². The zero-order chi connectivity index (χ0) is 30.6. The van der Waals surface area contributed by atoms with Crippen LogP contribution in [-0.4, -0.2) is 65.1 Å². The third kappa shape index (κ3) is 7.13. The van der Waals surface area contributed by atoms with Crippen LogP contribution in [0.5, 0.6) is 0 Å². The van der Waals surface area contributed by atoms with Crippen molar-refractivity contribution in [1.29, 1.82) is 0 Å². The summed E-state index contributed by atoms with van der Waals surface area (Å²) in [6, 6.07) is 12.8. The highest BCUT2D eigenvalue weighted by molar-refractivity contribution is 6.35. The fourth-order valence-corrected chi connectivity index (χ4v) is 5.59. The van der Waals surface area contributed by atoms with Crippen molar-refractivity contribution in [2.24, 2.45) is 0 Å². The van der Waals surface area contributed by atoms with E-state index in [1.165, 1.54) is 0 Å². The highest BCUT2D eigenvalue weighted by atomic mass is 35.5. The number of hydrogen-bond acceptors (Lipinski definition) is 5. The number of nitrogens with one attached hydrogen (secondary N) is 4. The minimum absolute atomic E-state index is 0.00305. The molecule has 0 radical (unpaired) electrons. The molecular weight excluding hydrogens is 550 g/mol. The Morgan fingerprint density at radius 1 is 1.10 bits per heavy atom. The summed E-state index contributed by atoms with van der Waals surface area (Å²) >= 11 is 6.23. The minimum Gasteiger partial charge on any atom is -0.390 e. The molecule has 2 amide bonds. The lowest BCUT2D eigenvalue weighted by molar-refractivity contribution is -0.110. The second-order valence-corrected chi connectivity index (χ2v) is 11.6. The second-order valence-electron chi connectivity index (χ2n) is 11.1. The maximum absolute atomic E-state index is 13.2. The minimum atomic E-state index is -0.507. The van der Waals surface area contributed by atoms with Gasteiger partial charge in [-0.3, -0.25) is 9.59 Å². The van der Waals surface area contributed by atoms with Crippen molar-refractivity contribution in [3.8, 4) is 11.1 Å². The number of fused-ring (bicyclic) bond motifs is 1. The van der Waals surface area contributed by atoms with Crippen LogP contribution in [0.15, 0.2) is 42.5 Å². The number of rotatable bonds is 12. The summed E-state index contributed by atoms with van der Waals surface area (Å²) in [4.78, 5) is 31.6. The number of benzene rings is 2. The number of amides is 2. The Hall–Kier alpha value is -3.43. The number of aromatic nitrogens is 1. The van der Waals surface area contributed by atoms with Crippen molar-refractivity contribution in [3.05, 3.63) is 75.6 Å². The van der Waals surface area contributed by atoms with Crippen LogP contribution in [0.3, 0.4) is 0 Å². The first-order valence-electron chi connectivity index (χ1n) is 14.6. The summed E-state index contributed by atoms with van der Waals surface area (Å²) < 4.78 is 0. The van der Waals surface area contributed by atoms with Crippen LogP contribution in [0.25, 0.3) is 22.8 Å². The molecule has 4 rings (SSSR count). The SMILES string of the molecule is CCN(CC)CC(O)CNC(C)c1c(C)[nH]c(C=C2C(=O)Nc3ccc(C(=O)NC(C)C)cc32)c1-c1ccc(Cl)cc1. The fraction of sp³-hybridized carbons (Fsp3) is 0.394. The topological polar surface area (TPSA) is 109 Å². The summed E-state index contributed by atoms with van der Waals surface area (Å²) in [6.45, 7) is 14.9. The van der Waals surface area contributed by atoms with Crippen LogP contribution in [0.4, 0.5) is 5.69 Å². The molecular formula is C33H42ClN5O3. The number of carbonyl (C=O) groups excluding carboxylic acids is 2. The van der Waals surface area contributed by atoms with Gasteiger partial charge in [-0.2, -0.15) is 0 Å². The molecule has 224 valence electrons. The van der Waals surface area contributed by atoms with E-state index in [1.54, 1.807) is 18.2 Å². The van der Waals surface area contributed by atoms with Crippen LogP contribution in [-0.2, 0) is 4.79 Å². The predicted octanol–water partition coefficient (Wildman–Crippen LogP) is 5.63. The van der Waals surface area contributed by atoms with Crippen molar-refractivity contribution < 1.29 is 14.7 Å². The van der Waals surface area contributed by atoms with Gasteiger partial charge in [0.15, 0.2) is 0 Å². The molecule has 2 atom stereocenters. The van der Waals surface area contributed by atoms with Gasteiger partial charge in [-0.1, -0.05) is 37.6 Å². The molecule has 8 nitrogen and oxygen atoms in total. The quantitative estimate of drug-likeness (QED) is 0.175. The Morgan fingerprint density at radius 2 is 1.79 bits per heavy atom. The molecule has 2 unspecified atom stereocenters. The zero-order valence-electron chi connectivity index (χ0n) is 25.3. The normalized spacial score (nSPS) is 15.3. The van der Waals surface area contributed by atoms with E-state index in [9.17, 15) is 14.7 Å². The molecule has 0 spiro atoms. The van der Waals surface area contributed by atoms with Crippen molar-refractivity contribution in [1.82, 2.24) is 20.5 Å². The molecule has 0 bridgehead atoms. The summed E-state index contributed by atoms with van der Waals surface area (Å²) in [6.07, 6.45) is 1.35. The maximum Gasteiger partial charge on any atom is 0.256 e. The number of aryl methyl sites for hydroxylation is 1. The highest BCUT2D eigenvalue weighted by Crippen LogP contribution is 2.39. The molecule has 2 heterocycles. The van der Waals surface area contributed by atoms with Gasteiger partial charge in [0.2, 0.25) is 0 Å². The van der Waals surface area contributed by atoms with Crippen LogP contribution in [0.2, 0.25) is 5.02 Å². The number of hydrogen-bond donors (Lipinski definition) is 5. The number of nitrogens with zero attached hydrogens (tertiary/aromatic N) is 1. The van der Waals surface area contributed by atoms with E-state index < -0.39 is 6.10 Å². The van der Waals surface area contributed by atoms with Gasteiger partial charge in [-0.05, 0) is 88.3 Å². The number of halogens is 1. The van der Waals surface area contributed by atoms with Crippen LogP contribution < -0.4 is 16.0 Å². The number of aliphatic hydroxyl groups excluding tert-OH is 1. The first-order chi connectivity index (χ1) is 20.0. The molecule has 42 heavy (non-hydrogen) atoms. The van der Waals surface area contributed by atoms with Crippen LogP contribution in [0.1, 0.15) is 73.5 Å². The van der Waals surface area contributed by atoms with Gasteiger partial charge >= 0.3 is 0 Å². The third-order valence-corrected chi connectivity index (χ3v) is 7.88. The van der Waals surface area contributed by atoms with E-state index in [2.05, 4.69) is 46.6 Å². The van der Waals surface area contributed by atoms with E-state index in [4.69, 9.17) is 11.6 Å². The Balaban J connectivity index is 1.73. The third-order valence-electron chi connectivity index (χ3n) is 7.63. The molecule has 1 aliphatic heterocycles. The Kier molecular flexibility index (Phi) is 10.3. The lowest BCUT2D eigenvalue weighted by Crippen LogP contribution is -2.39. The molecule has 0 fully saturated rings. The molecule has 9 heteroatoms. The van der Waals surface area contributed by atoms with Crippen LogP contribution in [0, 0.1) is 6.92 Å². The van der Waals surface area contributed by atoms with Crippen LogP contribution >= 0.6 is 11.6 Å². The monoisotopic (exact) mass is 591 g/mol. The van der Waals surface area contributed by atoms with Gasteiger partial charge < -0.3 is 30.9 Å². The summed E-state index contributed by atoms with van der Waals surface area (Å²) in [5.74, 6) is -0.414.